The third kappa shape index (κ3) is 3.80. The zero-order chi connectivity index (χ0) is 17.8. The molecule has 0 spiro atoms. The minimum absolute atomic E-state index is 0.0479. The second-order valence-electron chi connectivity index (χ2n) is 4.92. The molecule has 10 heteroatoms. The van der Waals surface area contributed by atoms with Gasteiger partial charge in [-0.3, -0.25) is 20.4 Å². The predicted octanol–water partition coefficient (Wildman–Crippen LogP) is 0.432. The number of benzene rings is 1. The van der Waals surface area contributed by atoms with Crippen LogP contribution < -0.4 is 16.6 Å². The van der Waals surface area contributed by atoms with Crippen LogP contribution in [0.1, 0.15) is 10.5 Å². The van der Waals surface area contributed by atoms with Crippen molar-refractivity contribution in [3.8, 4) is 11.5 Å². The van der Waals surface area contributed by atoms with E-state index < -0.39 is 29.9 Å². The quantitative estimate of drug-likeness (QED) is 0.592. The Morgan fingerprint density at radius 3 is 2.64 bits per heavy atom. The smallest absolute Gasteiger partial charge is 0.388 e. The number of nitrogens with zero attached hydrogens (tertiary/aromatic N) is 2. The Morgan fingerprint density at radius 1 is 1.20 bits per heavy atom. The molecule has 9 nitrogen and oxygen atoms in total. The molecule has 25 heavy (non-hydrogen) atoms. The first-order valence-corrected chi connectivity index (χ1v) is 7.09. The highest BCUT2D eigenvalue weighted by molar-refractivity contribution is 5.93. The van der Waals surface area contributed by atoms with E-state index in [-0.39, 0.29) is 11.6 Å². The maximum Gasteiger partial charge on any atom is 0.437 e. The summed E-state index contributed by atoms with van der Waals surface area (Å²) >= 11 is 0. The van der Waals surface area contributed by atoms with Gasteiger partial charge in [-0.1, -0.05) is 0 Å². The molecule has 0 atom stereocenters. The standard InChI is InChI=1S/C15H12FN5O4/c16-10-5-3-9(4-6-10)14-20-21(15(24)25-14)8-12(22)18-19-13(23)11-2-1-7-17-11/h1-7,17H,8H2,(H,18,22)(H,19,23). The Balaban J connectivity index is 1.63. The van der Waals surface area contributed by atoms with E-state index in [1.165, 1.54) is 30.3 Å². The van der Waals surface area contributed by atoms with E-state index in [4.69, 9.17) is 4.42 Å². The van der Waals surface area contributed by atoms with Crippen molar-refractivity contribution < 1.29 is 18.4 Å². The Morgan fingerprint density at radius 2 is 1.96 bits per heavy atom. The van der Waals surface area contributed by atoms with Crippen LogP contribution in [0.2, 0.25) is 0 Å². The normalized spacial score (nSPS) is 10.4. The Labute approximate surface area is 139 Å². The highest BCUT2D eigenvalue weighted by Gasteiger charge is 2.14. The van der Waals surface area contributed by atoms with Gasteiger partial charge in [0.1, 0.15) is 18.1 Å². The number of nitrogens with one attached hydrogen (secondary N) is 3. The molecule has 2 amide bonds. The molecule has 0 unspecified atom stereocenters. The molecule has 2 heterocycles. The summed E-state index contributed by atoms with van der Waals surface area (Å²) in [4.78, 5) is 37.9. The third-order valence-electron chi connectivity index (χ3n) is 3.15. The van der Waals surface area contributed by atoms with Crippen LogP contribution in [0.3, 0.4) is 0 Å². The number of H-pyrrole nitrogens is 1. The molecule has 0 saturated carbocycles. The second kappa shape index (κ2) is 6.83. The molecule has 128 valence electrons. The predicted molar refractivity (Wildman–Crippen MR) is 82.6 cm³/mol. The first kappa shape index (κ1) is 16.2. The summed E-state index contributed by atoms with van der Waals surface area (Å²) in [6, 6.07) is 8.32. The van der Waals surface area contributed by atoms with Crippen LogP contribution in [0.15, 0.2) is 51.8 Å². The molecule has 0 fully saturated rings. The van der Waals surface area contributed by atoms with Crippen molar-refractivity contribution in [3.05, 3.63) is 64.7 Å². The molecular formula is C15H12FN5O4. The number of aromatic nitrogens is 3. The average Bonchev–Trinajstić information content (AvgIpc) is 3.24. The molecule has 0 saturated heterocycles. The lowest BCUT2D eigenvalue weighted by Crippen LogP contribution is -2.44. The minimum atomic E-state index is -0.856. The van der Waals surface area contributed by atoms with Gasteiger partial charge in [-0.15, -0.1) is 5.10 Å². The number of carbonyl (C=O) groups excluding carboxylic acids is 2. The number of halogens is 1. The largest absolute Gasteiger partial charge is 0.437 e. The van der Waals surface area contributed by atoms with Crippen LogP contribution >= 0.6 is 0 Å². The SMILES string of the molecule is O=C(Cn1nc(-c2ccc(F)cc2)oc1=O)NNC(=O)c1ccc[nH]1. The molecule has 3 N–H and O–H groups in total. The summed E-state index contributed by atoms with van der Waals surface area (Å²) in [6.45, 7) is -0.464. The highest BCUT2D eigenvalue weighted by Crippen LogP contribution is 2.15. The van der Waals surface area contributed by atoms with Crippen molar-refractivity contribution in [1.29, 1.82) is 0 Å². The molecule has 1 aromatic carbocycles. The van der Waals surface area contributed by atoms with E-state index in [1.54, 1.807) is 12.3 Å². The number of amides is 2. The number of carbonyl (C=O) groups is 2. The Bertz CT molecular complexity index is 943. The van der Waals surface area contributed by atoms with Crippen molar-refractivity contribution in [3.63, 3.8) is 0 Å². The van der Waals surface area contributed by atoms with Gasteiger partial charge >= 0.3 is 5.76 Å². The number of hydrazine groups is 1. The maximum atomic E-state index is 12.9. The van der Waals surface area contributed by atoms with Crippen molar-refractivity contribution in [2.45, 2.75) is 6.54 Å². The van der Waals surface area contributed by atoms with E-state index in [9.17, 15) is 18.8 Å². The molecular weight excluding hydrogens is 333 g/mol. The van der Waals surface area contributed by atoms with E-state index in [0.717, 1.165) is 4.68 Å². The lowest BCUT2D eigenvalue weighted by Gasteiger charge is -2.05. The van der Waals surface area contributed by atoms with Gasteiger partial charge in [0.05, 0.1) is 0 Å². The zero-order valence-corrected chi connectivity index (χ0v) is 12.7. The van der Waals surface area contributed by atoms with Crippen molar-refractivity contribution >= 4 is 11.8 Å². The first-order valence-electron chi connectivity index (χ1n) is 7.09. The first-order chi connectivity index (χ1) is 12.0. The highest BCUT2D eigenvalue weighted by atomic mass is 19.1. The summed E-state index contributed by atoms with van der Waals surface area (Å²) in [6.07, 6.45) is 1.56. The lowest BCUT2D eigenvalue weighted by molar-refractivity contribution is -0.122. The van der Waals surface area contributed by atoms with Crippen LogP contribution in [0.5, 0.6) is 0 Å². The summed E-state index contributed by atoms with van der Waals surface area (Å²) in [5.74, 6) is -2.57. The van der Waals surface area contributed by atoms with Gasteiger partial charge in [-0.25, -0.2) is 9.18 Å². The fraction of sp³-hybridized carbons (Fsp3) is 0.0667. The van der Waals surface area contributed by atoms with Gasteiger partial charge in [0.15, 0.2) is 0 Å². The fourth-order valence-corrected chi connectivity index (χ4v) is 1.96. The molecule has 0 aliphatic rings. The molecule has 2 aromatic heterocycles. The van der Waals surface area contributed by atoms with Gasteiger partial charge in [-0.2, -0.15) is 4.68 Å². The topological polar surface area (TPSA) is 122 Å². The van der Waals surface area contributed by atoms with Gasteiger partial charge in [-0.05, 0) is 36.4 Å². The van der Waals surface area contributed by atoms with E-state index in [2.05, 4.69) is 20.9 Å². The third-order valence-corrected chi connectivity index (χ3v) is 3.15. The summed E-state index contributed by atoms with van der Waals surface area (Å²) in [5.41, 5.74) is 4.99. The molecule has 0 aliphatic carbocycles. The summed E-state index contributed by atoms with van der Waals surface area (Å²) in [5, 5.41) is 3.86. The Hall–Kier alpha value is -3.69. The second-order valence-corrected chi connectivity index (χ2v) is 4.92. The monoisotopic (exact) mass is 345 g/mol. The number of hydrogen-bond donors (Lipinski definition) is 3. The maximum absolute atomic E-state index is 12.9. The van der Waals surface area contributed by atoms with Crippen molar-refractivity contribution in [2.24, 2.45) is 0 Å². The lowest BCUT2D eigenvalue weighted by atomic mass is 10.2. The van der Waals surface area contributed by atoms with E-state index in [0.29, 0.717) is 5.56 Å². The van der Waals surface area contributed by atoms with Crippen LogP contribution in [-0.2, 0) is 11.3 Å². The summed E-state index contributed by atoms with van der Waals surface area (Å²) < 4.78 is 18.6. The molecule has 0 aliphatic heterocycles. The van der Waals surface area contributed by atoms with Gasteiger partial charge in [0.2, 0.25) is 5.89 Å². The number of hydrogen-bond acceptors (Lipinski definition) is 5. The molecule has 3 aromatic rings. The minimum Gasteiger partial charge on any atom is -0.388 e. The number of rotatable bonds is 4. The van der Waals surface area contributed by atoms with Crippen LogP contribution in [0, 0.1) is 5.82 Å². The van der Waals surface area contributed by atoms with Crippen LogP contribution in [0.25, 0.3) is 11.5 Å². The van der Waals surface area contributed by atoms with Gasteiger partial charge < -0.3 is 9.40 Å². The van der Waals surface area contributed by atoms with E-state index in [1.807, 2.05) is 0 Å². The average molecular weight is 345 g/mol. The fourth-order valence-electron chi connectivity index (χ4n) is 1.96. The summed E-state index contributed by atoms with van der Waals surface area (Å²) in [7, 11) is 0. The van der Waals surface area contributed by atoms with Gasteiger partial charge in [0.25, 0.3) is 11.8 Å². The van der Waals surface area contributed by atoms with Crippen LogP contribution in [-0.4, -0.2) is 26.6 Å². The zero-order valence-electron chi connectivity index (χ0n) is 12.7. The van der Waals surface area contributed by atoms with Crippen LogP contribution in [0.4, 0.5) is 4.39 Å². The van der Waals surface area contributed by atoms with Crippen molar-refractivity contribution in [2.75, 3.05) is 0 Å². The Kier molecular flexibility index (Phi) is 4.42. The van der Waals surface area contributed by atoms with E-state index >= 15 is 0 Å². The molecule has 0 radical (unpaired) electrons. The van der Waals surface area contributed by atoms with Crippen molar-refractivity contribution in [1.82, 2.24) is 25.6 Å². The molecule has 3 rings (SSSR count). The van der Waals surface area contributed by atoms with Gasteiger partial charge in [0, 0.05) is 11.8 Å². The molecule has 0 bridgehead atoms. The number of aromatic amines is 1.